The van der Waals surface area contributed by atoms with Crippen LogP contribution in [-0.4, -0.2) is 22.1 Å². The smallest absolute Gasteiger partial charge is 0.306 e. The third-order valence-corrected chi connectivity index (χ3v) is 3.98. The van der Waals surface area contributed by atoms with Gasteiger partial charge in [0.2, 0.25) is 0 Å². The number of hydrogen-bond donors (Lipinski definition) is 1. The molecule has 1 saturated carbocycles. The molecule has 1 aliphatic rings. The van der Waals surface area contributed by atoms with Crippen molar-refractivity contribution in [3.63, 3.8) is 0 Å². The van der Waals surface area contributed by atoms with Gasteiger partial charge in [-0.3, -0.25) is 14.9 Å². The quantitative estimate of drug-likeness (QED) is 0.664. The zero-order chi connectivity index (χ0) is 15.4. The molecule has 21 heavy (non-hydrogen) atoms. The summed E-state index contributed by atoms with van der Waals surface area (Å²) in [5.74, 6) is -1.06. The highest BCUT2D eigenvalue weighted by molar-refractivity contribution is 6.30. The lowest BCUT2D eigenvalue weighted by molar-refractivity contribution is -0.386. The molecule has 6 nitrogen and oxygen atoms in total. The summed E-state index contributed by atoms with van der Waals surface area (Å²) in [5.41, 5.74) is 0.423. The van der Waals surface area contributed by atoms with Crippen molar-refractivity contribution >= 4 is 23.3 Å². The van der Waals surface area contributed by atoms with E-state index >= 15 is 0 Å². The third-order valence-electron chi connectivity index (χ3n) is 3.74. The van der Waals surface area contributed by atoms with Gasteiger partial charge in [0.15, 0.2) is 0 Å². The topological polar surface area (TPSA) is 89.7 Å². The van der Waals surface area contributed by atoms with Crippen LogP contribution in [-0.2, 0) is 16.1 Å². The monoisotopic (exact) mass is 313 g/mol. The average molecular weight is 314 g/mol. The lowest BCUT2D eigenvalue weighted by Gasteiger charge is -2.26. The zero-order valence-electron chi connectivity index (χ0n) is 11.3. The molecule has 1 aliphatic carbocycles. The Balaban J connectivity index is 1.92. The van der Waals surface area contributed by atoms with Crippen LogP contribution in [0.4, 0.5) is 5.69 Å². The Kier molecular flexibility index (Phi) is 5.14. The van der Waals surface area contributed by atoms with Gasteiger partial charge in [-0.1, -0.05) is 11.6 Å². The van der Waals surface area contributed by atoms with Crippen molar-refractivity contribution in [2.24, 2.45) is 5.92 Å². The third kappa shape index (κ3) is 4.15. The van der Waals surface area contributed by atoms with Gasteiger partial charge in [-0.15, -0.1) is 0 Å². The first-order valence-electron chi connectivity index (χ1n) is 6.74. The summed E-state index contributed by atoms with van der Waals surface area (Å²) < 4.78 is 5.69. The lowest BCUT2D eigenvalue weighted by Crippen LogP contribution is -2.26. The molecule has 0 unspecified atom stereocenters. The molecular weight excluding hydrogens is 298 g/mol. The van der Waals surface area contributed by atoms with Crippen LogP contribution in [0.15, 0.2) is 18.2 Å². The number of carbonyl (C=O) groups is 1. The number of nitro groups is 1. The molecule has 0 heterocycles. The molecule has 0 aromatic heterocycles. The van der Waals surface area contributed by atoms with E-state index in [0.717, 1.165) is 0 Å². The Morgan fingerprint density at radius 2 is 2.05 bits per heavy atom. The summed E-state index contributed by atoms with van der Waals surface area (Å²) in [5, 5.41) is 20.2. The molecule has 0 saturated heterocycles. The molecule has 0 atom stereocenters. The van der Waals surface area contributed by atoms with Gasteiger partial charge in [0.05, 0.1) is 29.1 Å². The number of hydrogen-bond acceptors (Lipinski definition) is 4. The number of benzene rings is 1. The fourth-order valence-electron chi connectivity index (χ4n) is 2.51. The van der Waals surface area contributed by atoms with Crippen LogP contribution in [0.5, 0.6) is 0 Å². The summed E-state index contributed by atoms with van der Waals surface area (Å²) in [6, 6.07) is 4.49. The van der Waals surface area contributed by atoms with E-state index in [2.05, 4.69) is 0 Å². The van der Waals surface area contributed by atoms with Crippen molar-refractivity contribution in [1.29, 1.82) is 0 Å². The van der Waals surface area contributed by atoms with E-state index in [0.29, 0.717) is 36.3 Å². The number of nitrogens with zero attached hydrogens (tertiary/aromatic N) is 1. The predicted octanol–water partition coefficient (Wildman–Crippen LogP) is 3.41. The Hall–Kier alpha value is -1.66. The minimum absolute atomic E-state index is 0.0455. The second-order valence-electron chi connectivity index (χ2n) is 5.15. The predicted molar refractivity (Wildman–Crippen MR) is 76.3 cm³/mol. The van der Waals surface area contributed by atoms with Crippen LogP contribution in [0.25, 0.3) is 0 Å². The van der Waals surface area contributed by atoms with Crippen LogP contribution in [0, 0.1) is 16.0 Å². The summed E-state index contributed by atoms with van der Waals surface area (Å²) in [6.07, 6.45) is 2.46. The van der Waals surface area contributed by atoms with Crippen molar-refractivity contribution in [2.75, 3.05) is 0 Å². The maximum Gasteiger partial charge on any atom is 0.306 e. The van der Waals surface area contributed by atoms with Gasteiger partial charge in [0.1, 0.15) is 0 Å². The minimum atomic E-state index is -0.762. The summed E-state index contributed by atoms with van der Waals surface area (Å²) >= 11 is 5.75. The van der Waals surface area contributed by atoms with Gasteiger partial charge in [0, 0.05) is 11.1 Å². The number of nitro benzene ring substituents is 1. The number of halogens is 1. The molecule has 1 aromatic rings. The Morgan fingerprint density at radius 3 is 2.62 bits per heavy atom. The molecule has 0 aliphatic heterocycles. The van der Waals surface area contributed by atoms with Crippen LogP contribution < -0.4 is 0 Å². The highest BCUT2D eigenvalue weighted by Gasteiger charge is 2.26. The second-order valence-corrected chi connectivity index (χ2v) is 5.59. The molecule has 0 bridgehead atoms. The fourth-order valence-corrected chi connectivity index (χ4v) is 2.68. The van der Waals surface area contributed by atoms with Crippen LogP contribution in [0.3, 0.4) is 0 Å². The Morgan fingerprint density at radius 1 is 1.38 bits per heavy atom. The molecule has 114 valence electrons. The van der Waals surface area contributed by atoms with Crippen molar-refractivity contribution in [2.45, 2.75) is 38.4 Å². The second kappa shape index (κ2) is 6.87. The van der Waals surface area contributed by atoms with E-state index in [4.69, 9.17) is 21.4 Å². The van der Waals surface area contributed by atoms with Crippen LogP contribution in [0.2, 0.25) is 5.02 Å². The standard InChI is InChI=1S/C14H16ClNO5/c15-11-4-1-10(13(7-11)16(19)20)8-21-12-5-2-9(3-6-12)14(17)18/h1,4,7,9,12H,2-3,5-6,8H2,(H,17,18). The van der Waals surface area contributed by atoms with Crippen molar-refractivity contribution < 1.29 is 19.6 Å². The SMILES string of the molecule is O=C(O)C1CCC(OCc2ccc(Cl)cc2[N+](=O)[O-])CC1. The van der Waals surface area contributed by atoms with E-state index in [1.54, 1.807) is 12.1 Å². The zero-order valence-corrected chi connectivity index (χ0v) is 12.1. The van der Waals surface area contributed by atoms with Gasteiger partial charge >= 0.3 is 5.97 Å². The number of rotatable bonds is 5. The molecule has 2 rings (SSSR count). The largest absolute Gasteiger partial charge is 0.481 e. The van der Waals surface area contributed by atoms with Crippen LogP contribution >= 0.6 is 11.6 Å². The lowest BCUT2D eigenvalue weighted by atomic mass is 9.87. The molecule has 0 spiro atoms. The van der Waals surface area contributed by atoms with E-state index < -0.39 is 10.9 Å². The summed E-state index contributed by atoms with van der Waals surface area (Å²) in [6.45, 7) is 0.135. The summed E-state index contributed by atoms with van der Waals surface area (Å²) in [4.78, 5) is 21.4. The highest BCUT2D eigenvalue weighted by atomic mass is 35.5. The molecular formula is C14H16ClNO5. The molecule has 7 heteroatoms. The van der Waals surface area contributed by atoms with E-state index in [1.807, 2.05) is 0 Å². The average Bonchev–Trinajstić information content (AvgIpc) is 2.46. The molecule has 1 N–H and O–H groups in total. The molecule has 1 fully saturated rings. The minimum Gasteiger partial charge on any atom is -0.481 e. The van der Waals surface area contributed by atoms with Gasteiger partial charge in [-0.05, 0) is 37.8 Å². The first-order valence-corrected chi connectivity index (χ1v) is 7.12. The number of carboxylic acids is 1. The maximum absolute atomic E-state index is 11.0. The Bertz CT molecular complexity index is 540. The normalized spacial score (nSPS) is 22.0. The summed E-state index contributed by atoms with van der Waals surface area (Å²) in [7, 11) is 0. The van der Waals surface area contributed by atoms with Gasteiger partial charge in [0.25, 0.3) is 5.69 Å². The number of ether oxygens (including phenoxy) is 1. The Labute approximate surface area is 126 Å². The molecule has 0 radical (unpaired) electrons. The first-order chi connectivity index (χ1) is 9.97. The molecule has 0 amide bonds. The molecule has 1 aromatic carbocycles. The fraction of sp³-hybridized carbons (Fsp3) is 0.500. The maximum atomic E-state index is 11.0. The van der Waals surface area contributed by atoms with Gasteiger partial charge in [-0.2, -0.15) is 0 Å². The van der Waals surface area contributed by atoms with E-state index in [1.165, 1.54) is 6.07 Å². The van der Waals surface area contributed by atoms with Crippen molar-refractivity contribution in [3.8, 4) is 0 Å². The highest BCUT2D eigenvalue weighted by Crippen LogP contribution is 2.29. The van der Waals surface area contributed by atoms with E-state index in [-0.39, 0.29) is 24.3 Å². The van der Waals surface area contributed by atoms with Crippen molar-refractivity contribution in [1.82, 2.24) is 0 Å². The van der Waals surface area contributed by atoms with Gasteiger partial charge in [-0.25, -0.2) is 0 Å². The van der Waals surface area contributed by atoms with E-state index in [9.17, 15) is 14.9 Å². The van der Waals surface area contributed by atoms with Gasteiger partial charge < -0.3 is 9.84 Å². The van der Waals surface area contributed by atoms with Crippen LogP contribution in [0.1, 0.15) is 31.2 Å². The number of carboxylic acid groups (broad SMARTS) is 1. The van der Waals surface area contributed by atoms with Crippen molar-refractivity contribution in [3.05, 3.63) is 38.9 Å². The number of aliphatic carboxylic acids is 1. The first kappa shape index (κ1) is 15.7.